The smallest absolute Gasteiger partial charge is 0.311 e. The molecule has 0 aliphatic carbocycles. The van der Waals surface area contributed by atoms with Crippen LogP contribution in [0.4, 0.5) is 5.69 Å². The molecule has 0 saturated heterocycles. The van der Waals surface area contributed by atoms with Gasteiger partial charge in [-0.15, -0.1) is 0 Å². The fourth-order valence-electron chi connectivity index (χ4n) is 2.23. The van der Waals surface area contributed by atoms with E-state index in [0.29, 0.717) is 17.9 Å². The number of ether oxygens (including phenoxy) is 2. The van der Waals surface area contributed by atoms with Crippen LogP contribution >= 0.6 is 0 Å². The number of nitro benzene ring substituents is 1. The van der Waals surface area contributed by atoms with Gasteiger partial charge in [0.05, 0.1) is 11.5 Å². The van der Waals surface area contributed by atoms with E-state index in [2.05, 4.69) is 0 Å². The van der Waals surface area contributed by atoms with Gasteiger partial charge >= 0.3 is 5.69 Å². The molecule has 0 aliphatic heterocycles. The van der Waals surface area contributed by atoms with Crippen LogP contribution in [0.15, 0.2) is 42.5 Å². The number of aryl methyl sites for hydroxylation is 1. The highest BCUT2D eigenvalue weighted by Crippen LogP contribution is 2.29. The number of nitro groups is 1. The van der Waals surface area contributed by atoms with Crippen molar-refractivity contribution < 1.29 is 19.2 Å². The zero-order chi connectivity index (χ0) is 17.7. The molecular formula is C18H19NO5. The highest BCUT2D eigenvalue weighted by Gasteiger charge is 2.22. The standard InChI is InChI=1S/C18H19NO5/c1-4-23-15-8-6-14(7-9-15)18(20)13(3)24-17-10-5-12(2)11-16(17)19(21)22/h5-11,13H,4H2,1-3H3/t13-/m1/s1. The van der Waals surface area contributed by atoms with Crippen molar-refractivity contribution in [2.75, 3.05) is 6.61 Å². The topological polar surface area (TPSA) is 78.7 Å². The van der Waals surface area contributed by atoms with Crippen LogP contribution in [0.2, 0.25) is 0 Å². The molecule has 0 N–H and O–H groups in total. The first-order valence-electron chi connectivity index (χ1n) is 7.61. The molecule has 0 heterocycles. The van der Waals surface area contributed by atoms with Gasteiger partial charge in [0.15, 0.2) is 11.9 Å². The van der Waals surface area contributed by atoms with Gasteiger partial charge in [0, 0.05) is 11.6 Å². The molecule has 0 fully saturated rings. The van der Waals surface area contributed by atoms with Crippen molar-refractivity contribution in [3.05, 3.63) is 63.7 Å². The average molecular weight is 329 g/mol. The zero-order valence-corrected chi connectivity index (χ0v) is 13.8. The summed E-state index contributed by atoms with van der Waals surface area (Å²) >= 11 is 0. The molecule has 2 aromatic rings. The van der Waals surface area contributed by atoms with E-state index in [-0.39, 0.29) is 17.2 Å². The first-order chi connectivity index (χ1) is 11.4. The maximum atomic E-state index is 12.4. The molecule has 0 saturated carbocycles. The summed E-state index contributed by atoms with van der Waals surface area (Å²) in [7, 11) is 0. The number of carbonyl (C=O) groups is 1. The molecule has 2 aromatic carbocycles. The fourth-order valence-corrected chi connectivity index (χ4v) is 2.23. The van der Waals surface area contributed by atoms with Gasteiger partial charge in [0.25, 0.3) is 0 Å². The third-order valence-electron chi connectivity index (χ3n) is 3.43. The van der Waals surface area contributed by atoms with Gasteiger partial charge in [-0.05, 0) is 56.7 Å². The summed E-state index contributed by atoms with van der Waals surface area (Å²) in [5, 5.41) is 11.1. The number of hydrogen-bond acceptors (Lipinski definition) is 5. The summed E-state index contributed by atoms with van der Waals surface area (Å²) in [5.41, 5.74) is 1.06. The Morgan fingerprint density at radius 1 is 1.21 bits per heavy atom. The SMILES string of the molecule is CCOc1ccc(C(=O)[C@@H](C)Oc2ccc(C)cc2[N+](=O)[O-])cc1. The number of hydrogen-bond donors (Lipinski definition) is 0. The van der Waals surface area contributed by atoms with Crippen LogP contribution in [-0.2, 0) is 0 Å². The molecule has 2 rings (SSSR count). The minimum Gasteiger partial charge on any atom is -0.494 e. The molecule has 6 nitrogen and oxygen atoms in total. The van der Waals surface area contributed by atoms with Gasteiger partial charge in [0.1, 0.15) is 5.75 Å². The summed E-state index contributed by atoms with van der Waals surface area (Å²) in [4.78, 5) is 23.0. The zero-order valence-electron chi connectivity index (χ0n) is 13.8. The van der Waals surface area contributed by atoms with Crippen LogP contribution in [0.3, 0.4) is 0 Å². The lowest BCUT2D eigenvalue weighted by atomic mass is 10.1. The van der Waals surface area contributed by atoms with Crippen molar-refractivity contribution in [2.45, 2.75) is 26.9 Å². The van der Waals surface area contributed by atoms with E-state index >= 15 is 0 Å². The van der Waals surface area contributed by atoms with E-state index in [1.807, 2.05) is 6.92 Å². The third-order valence-corrected chi connectivity index (χ3v) is 3.43. The lowest BCUT2D eigenvalue weighted by Gasteiger charge is -2.14. The lowest BCUT2D eigenvalue weighted by molar-refractivity contribution is -0.386. The quantitative estimate of drug-likeness (QED) is 0.436. The monoisotopic (exact) mass is 329 g/mol. The Kier molecular flexibility index (Phi) is 5.52. The minimum atomic E-state index is -0.843. The molecule has 0 aromatic heterocycles. The Labute approximate surface area is 140 Å². The van der Waals surface area contributed by atoms with Gasteiger partial charge in [0.2, 0.25) is 5.78 Å². The van der Waals surface area contributed by atoms with Crippen molar-refractivity contribution in [3.63, 3.8) is 0 Å². The second-order valence-corrected chi connectivity index (χ2v) is 5.31. The molecule has 0 unspecified atom stereocenters. The molecular weight excluding hydrogens is 310 g/mol. The molecule has 1 atom stereocenters. The summed E-state index contributed by atoms with van der Waals surface area (Å²) in [5.74, 6) is 0.502. The molecule has 0 bridgehead atoms. The van der Waals surface area contributed by atoms with Crippen LogP contribution < -0.4 is 9.47 Å². The Hall–Kier alpha value is -2.89. The Bertz CT molecular complexity index is 740. The first kappa shape index (κ1) is 17.5. The number of rotatable bonds is 7. The fraction of sp³-hybridized carbons (Fsp3) is 0.278. The van der Waals surface area contributed by atoms with Crippen molar-refractivity contribution in [1.82, 2.24) is 0 Å². The largest absolute Gasteiger partial charge is 0.494 e. The van der Waals surface area contributed by atoms with Crippen molar-refractivity contribution in [1.29, 1.82) is 0 Å². The maximum absolute atomic E-state index is 12.4. The molecule has 0 aliphatic rings. The Balaban J connectivity index is 2.16. The van der Waals surface area contributed by atoms with Gasteiger partial charge in [-0.1, -0.05) is 6.07 Å². The summed E-state index contributed by atoms with van der Waals surface area (Å²) in [6.07, 6.45) is -0.843. The highest BCUT2D eigenvalue weighted by molar-refractivity contribution is 5.99. The number of nitrogens with zero attached hydrogens (tertiary/aromatic N) is 1. The van der Waals surface area contributed by atoms with E-state index in [4.69, 9.17) is 9.47 Å². The average Bonchev–Trinajstić information content (AvgIpc) is 2.56. The second-order valence-electron chi connectivity index (χ2n) is 5.31. The van der Waals surface area contributed by atoms with Crippen LogP contribution in [0, 0.1) is 17.0 Å². The Morgan fingerprint density at radius 3 is 2.46 bits per heavy atom. The van der Waals surface area contributed by atoms with Gasteiger partial charge in [-0.3, -0.25) is 14.9 Å². The predicted octanol–water partition coefficient (Wildman–Crippen LogP) is 3.95. The number of Topliss-reactive ketones (excluding diaryl/α,β-unsaturated/α-hetero) is 1. The molecule has 126 valence electrons. The normalized spacial score (nSPS) is 11.6. The highest BCUT2D eigenvalue weighted by atomic mass is 16.6. The summed E-state index contributed by atoms with van der Waals surface area (Å²) < 4.78 is 10.9. The van der Waals surface area contributed by atoms with Crippen molar-refractivity contribution in [3.8, 4) is 11.5 Å². The maximum Gasteiger partial charge on any atom is 0.311 e. The van der Waals surface area contributed by atoms with Crippen molar-refractivity contribution >= 4 is 11.5 Å². The predicted molar refractivity (Wildman–Crippen MR) is 89.9 cm³/mol. The van der Waals surface area contributed by atoms with Gasteiger partial charge in [-0.2, -0.15) is 0 Å². The van der Waals surface area contributed by atoms with Crippen LogP contribution in [0.1, 0.15) is 29.8 Å². The van der Waals surface area contributed by atoms with E-state index in [1.165, 1.54) is 12.1 Å². The molecule has 0 radical (unpaired) electrons. The third kappa shape index (κ3) is 4.10. The number of benzene rings is 2. The number of carbonyl (C=O) groups excluding carboxylic acids is 1. The van der Waals surface area contributed by atoms with Crippen molar-refractivity contribution in [2.24, 2.45) is 0 Å². The van der Waals surface area contributed by atoms with E-state index in [1.54, 1.807) is 44.2 Å². The van der Waals surface area contributed by atoms with E-state index < -0.39 is 11.0 Å². The van der Waals surface area contributed by atoms with Crippen LogP contribution in [0.25, 0.3) is 0 Å². The molecule has 24 heavy (non-hydrogen) atoms. The second kappa shape index (κ2) is 7.59. The molecule has 0 spiro atoms. The van der Waals surface area contributed by atoms with E-state index in [0.717, 1.165) is 5.56 Å². The lowest BCUT2D eigenvalue weighted by Crippen LogP contribution is -2.24. The number of ketones is 1. The summed E-state index contributed by atoms with van der Waals surface area (Å²) in [6.45, 7) is 5.75. The molecule has 6 heteroatoms. The Morgan fingerprint density at radius 2 is 1.88 bits per heavy atom. The van der Waals surface area contributed by atoms with E-state index in [9.17, 15) is 14.9 Å². The first-order valence-corrected chi connectivity index (χ1v) is 7.61. The van der Waals surface area contributed by atoms with Gasteiger partial charge < -0.3 is 9.47 Å². The summed E-state index contributed by atoms with van der Waals surface area (Å²) in [6, 6.07) is 11.3. The van der Waals surface area contributed by atoms with Crippen LogP contribution in [-0.4, -0.2) is 23.4 Å². The molecule has 0 amide bonds. The van der Waals surface area contributed by atoms with Crippen LogP contribution in [0.5, 0.6) is 11.5 Å². The minimum absolute atomic E-state index is 0.0809. The van der Waals surface area contributed by atoms with Gasteiger partial charge in [-0.25, -0.2) is 0 Å².